The Morgan fingerprint density at radius 3 is 2.48 bits per heavy atom. The summed E-state index contributed by atoms with van der Waals surface area (Å²) < 4.78 is 0. The van der Waals surface area contributed by atoms with Crippen LogP contribution in [0.15, 0.2) is 47.8 Å². The Hall–Kier alpha value is -1.65. The van der Waals surface area contributed by atoms with Gasteiger partial charge in [-0.05, 0) is 22.9 Å². The molecular formula is C17H22N2OS. The van der Waals surface area contributed by atoms with Crippen LogP contribution in [-0.4, -0.2) is 5.91 Å². The monoisotopic (exact) mass is 302 g/mol. The van der Waals surface area contributed by atoms with Crippen molar-refractivity contribution in [2.75, 3.05) is 0 Å². The zero-order valence-corrected chi connectivity index (χ0v) is 13.3. The van der Waals surface area contributed by atoms with Crippen LogP contribution in [0.25, 0.3) is 0 Å². The molecule has 4 heteroatoms. The van der Waals surface area contributed by atoms with Gasteiger partial charge in [-0.1, -0.05) is 50.2 Å². The second kappa shape index (κ2) is 7.38. The van der Waals surface area contributed by atoms with E-state index in [2.05, 4.69) is 25.2 Å². The van der Waals surface area contributed by atoms with E-state index in [-0.39, 0.29) is 18.0 Å². The molecule has 0 aliphatic heterocycles. The number of rotatable bonds is 6. The Morgan fingerprint density at radius 1 is 1.19 bits per heavy atom. The summed E-state index contributed by atoms with van der Waals surface area (Å²) in [5.41, 5.74) is 7.10. The normalized spacial score (nSPS) is 13.9. The first-order valence-electron chi connectivity index (χ1n) is 7.21. The van der Waals surface area contributed by atoms with Gasteiger partial charge >= 0.3 is 0 Å². The maximum atomic E-state index is 12.3. The molecule has 0 saturated heterocycles. The van der Waals surface area contributed by atoms with Crippen molar-refractivity contribution in [3.05, 3.63) is 58.3 Å². The average molecular weight is 302 g/mol. The summed E-state index contributed by atoms with van der Waals surface area (Å²) in [6, 6.07) is 13.6. The fourth-order valence-corrected chi connectivity index (χ4v) is 3.23. The van der Waals surface area contributed by atoms with Crippen molar-refractivity contribution in [3.63, 3.8) is 0 Å². The Morgan fingerprint density at radius 2 is 1.90 bits per heavy atom. The molecule has 0 fully saturated rings. The van der Waals surface area contributed by atoms with Crippen LogP contribution < -0.4 is 11.1 Å². The van der Waals surface area contributed by atoms with Gasteiger partial charge in [0.05, 0.1) is 6.04 Å². The summed E-state index contributed by atoms with van der Waals surface area (Å²) in [5.74, 6) is 0.346. The number of nitrogens with one attached hydrogen (secondary N) is 1. The van der Waals surface area contributed by atoms with E-state index in [4.69, 9.17) is 5.73 Å². The van der Waals surface area contributed by atoms with Crippen LogP contribution in [0, 0.1) is 5.92 Å². The van der Waals surface area contributed by atoms with Crippen LogP contribution in [0.2, 0.25) is 0 Å². The van der Waals surface area contributed by atoms with E-state index >= 15 is 0 Å². The van der Waals surface area contributed by atoms with E-state index in [1.54, 1.807) is 11.3 Å². The molecule has 112 valence electrons. The third kappa shape index (κ3) is 4.41. The van der Waals surface area contributed by atoms with Crippen molar-refractivity contribution < 1.29 is 4.79 Å². The summed E-state index contributed by atoms with van der Waals surface area (Å²) >= 11 is 1.67. The number of hydrogen-bond acceptors (Lipinski definition) is 3. The predicted octanol–water partition coefficient (Wildman–Crippen LogP) is 3.65. The van der Waals surface area contributed by atoms with E-state index < -0.39 is 0 Å². The molecule has 3 nitrogen and oxygen atoms in total. The van der Waals surface area contributed by atoms with Gasteiger partial charge in [0.1, 0.15) is 0 Å². The topological polar surface area (TPSA) is 55.1 Å². The van der Waals surface area contributed by atoms with Gasteiger partial charge in [0.15, 0.2) is 0 Å². The quantitative estimate of drug-likeness (QED) is 0.855. The first kappa shape index (κ1) is 15.7. The van der Waals surface area contributed by atoms with E-state index in [1.165, 1.54) is 4.88 Å². The van der Waals surface area contributed by atoms with Crippen LogP contribution in [0.5, 0.6) is 0 Å². The van der Waals surface area contributed by atoms with Crippen molar-refractivity contribution >= 4 is 17.2 Å². The molecule has 0 radical (unpaired) electrons. The lowest BCUT2D eigenvalue weighted by Gasteiger charge is -2.22. The highest BCUT2D eigenvalue weighted by Crippen LogP contribution is 2.26. The molecule has 0 unspecified atom stereocenters. The number of carbonyl (C=O) groups excluding carboxylic acids is 1. The molecular weight excluding hydrogens is 280 g/mol. The minimum Gasteiger partial charge on any atom is -0.348 e. The SMILES string of the molecule is CC(C)[C@@H](NC(=O)C[C@H](N)c1ccccc1)c1cccs1. The molecule has 2 aromatic rings. The molecule has 1 heterocycles. The predicted molar refractivity (Wildman–Crippen MR) is 88.0 cm³/mol. The van der Waals surface area contributed by atoms with Crippen molar-refractivity contribution in [2.24, 2.45) is 11.7 Å². The molecule has 0 saturated carbocycles. The molecule has 1 amide bonds. The van der Waals surface area contributed by atoms with Gasteiger partial charge in [-0.15, -0.1) is 11.3 Å². The van der Waals surface area contributed by atoms with Gasteiger partial charge in [0.25, 0.3) is 0 Å². The molecule has 2 rings (SSSR count). The highest BCUT2D eigenvalue weighted by atomic mass is 32.1. The Kier molecular flexibility index (Phi) is 5.53. The first-order valence-corrected chi connectivity index (χ1v) is 8.09. The lowest BCUT2D eigenvalue weighted by atomic mass is 10.0. The minimum atomic E-state index is -0.262. The molecule has 3 N–H and O–H groups in total. The van der Waals surface area contributed by atoms with E-state index in [1.807, 2.05) is 41.8 Å². The zero-order valence-electron chi connectivity index (χ0n) is 12.5. The van der Waals surface area contributed by atoms with Gasteiger partial charge in [-0.3, -0.25) is 4.79 Å². The molecule has 0 bridgehead atoms. The van der Waals surface area contributed by atoms with Gasteiger partial charge in [0, 0.05) is 17.3 Å². The number of amides is 1. The molecule has 0 aliphatic carbocycles. The van der Waals surface area contributed by atoms with Crippen molar-refractivity contribution in [1.82, 2.24) is 5.32 Å². The van der Waals surface area contributed by atoms with Gasteiger partial charge in [-0.25, -0.2) is 0 Å². The minimum absolute atomic E-state index is 0.00143. The zero-order chi connectivity index (χ0) is 15.2. The highest BCUT2D eigenvalue weighted by molar-refractivity contribution is 7.10. The Bertz CT molecular complexity index is 551. The summed E-state index contributed by atoms with van der Waals surface area (Å²) in [4.78, 5) is 13.4. The molecule has 21 heavy (non-hydrogen) atoms. The molecule has 0 spiro atoms. The first-order chi connectivity index (χ1) is 10.1. The summed E-state index contributed by atoms with van der Waals surface area (Å²) in [6.45, 7) is 4.23. The molecule has 2 atom stereocenters. The van der Waals surface area contributed by atoms with Crippen LogP contribution in [-0.2, 0) is 4.79 Å². The largest absolute Gasteiger partial charge is 0.348 e. The van der Waals surface area contributed by atoms with E-state index in [9.17, 15) is 4.79 Å². The summed E-state index contributed by atoms with van der Waals surface area (Å²) in [7, 11) is 0. The van der Waals surface area contributed by atoms with Crippen LogP contribution in [0.1, 0.15) is 42.8 Å². The Balaban J connectivity index is 1.97. The maximum absolute atomic E-state index is 12.3. The van der Waals surface area contributed by atoms with Crippen LogP contribution >= 0.6 is 11.3 Å². The fourth-order valence-electron chi connectivity index (χ4n) is 2.28. The maximum Gasteiger partial charge on any atom is 0.222 e. The third-order valence-corrected chi connectivity index (χ3v) is 4.42. The number of carbonyl (C=O) groups is 1. The Labute approximate surface area is 130 Å². The van der Waals surface area contributed by atoms with Crippen LogP contribution in [0.3, 0.4) is 0 Å². The highest BCUT2D eigenvalue weighted by Gasteiger charge is 2.20. The third-order valence-electron chi connectivity index (χ3n) is 3.47. The smallest absolute Gasteiger partial charge is 0.222 e. The lowest BCUT2D eigenvalue weighted by molar-refractivity contribution is -0.122. The standard InChI is InChI=1S/C17H22N2OS/c1-12(2)17(15-9-6-10-21-15)19-16(20)11-14(18)13-7-4-3-5-8-13/h3-10,12,14,17H,11,18H2,1-2H3,(H,19,20)/t14-,17+/m0/s1. The summed E-state index contributed by atoms with van der Waals surface area (Å²) in [6.07, 6.45) is 0.304. The lowest BCUT2D eigenvalue weighted by Crippen LogP contribution is -2.33. The van der Waals surface area contributed by atoms with Crippen molar-refractivity contribution in [3.8, 4) is 0 Å². The second-order valence-electron chi connectivity index (χ2n) is 5.53. The van der Waals surface area contributed by atoms with Crippen LogP contribution in [0.4, 0.5) is 0 Å². The molecule has 1 aromatic carbocycles. The number of benzene rings is 1. The van der Waals surface area contributed by atoms with Crippen molar-refractivity contribution in [2.45, 2.75) is 32.4 Å². The molecule has 1 aromatic heterocycles. The van der Waals surface area contributed by atoms with Gasteiger partial charge < -0.3 is 11.1 Å². The van der Waals surface area contributed by atoms with E-state index in [0.717, 1.165) is 5.56 Å². The fraction of sp³-hybridized carbons (Fsp3) is 0.353. The average Bonchev–Trinajstić information content (AvgIpc) is 2.99. The van der Waals surface area contributed by atoms with Crippen molar-refractivity contribution in [1.29, 1.82) is 0 Å². The second-order valence-corrected chi connectivity index (χ2v) is 6.51. The van der Waals surface area contributed by atoms with Gasteiger partial charge in [-0.2, -0.15) is 0 Å². The number of nitrogens with two attached hydrogens (primary N) is 1. The van der Waals surface area contributed by atoms with E-state index in [0.29, 0.717) is 12.3 Å². The summed E-state index contributed by atoms with van der Waals surface area (Å²) in [5, 5.41) is 5.15. The molecule has 0 aliphatic rings. The number of hydrogen-bond donors (Lipinski definition) is 2. The number of thiophene rings is 1. The van der Waals surface area contributed by atoms with Gasteiger partial charge in [0.2, 0.25) is 5.91 Å².